The molecule has 1 heterocycles. The second-order valence-electron chi connectivity index (χ2n) is 4.39. The van der Waals surface area contributed by atoms with Crippen molar-refractivity contribution < 1.29 is 9.13 Å². The molecular formula is C13H17BrFNO. The first kappa shape index (κ1) is 13.0. The summed E-state index contributed by atoms with van der Waals surface area (Å²) in [7, 11) is 1.90. The average Bonchev–Trinajstić information content (AvgIpc) is 2.84. The van der Waals surface area contributed by atoms with E-state index in [1.165, 1.54) is 6.07 Å². The fourth-order valence-corrected chi connectivity index (χ4v) is 2.68. The molecule has 1 aliphatic rings. The van der Waals surface area contributed by atoms with E-state index in [4.69, 9.17) is 4.74 Å². The van der Waals surface area contributed by atoms with Crippen molar-refractivity contribution in [3.05, 3.63) is 34.1 Å². The topological polar surface area (TPSA) is 21.3 Å². The molecule has 4 heteroatoms. The van der Waals surface area contributed by atoms with Crippen LogP contribution in [0.3, 0.4) is 0 Å². The number of hydrogen-bond acceptors (Lipinski definition) is 2. The standard InChI is InChI=1S/C13H17BrFNO/c1-16-12(13-3-2-6-17-13)8-9-7-10(14)4-5-11(9)15/h4-5,7,12-13,16H,2-3,6,8H2,1H3. The van der Waals surface area contributed by atoms with Gasteiger partial charge in [0.05, 0.1) is 6.10 Å². The van der Waals surface area contributed by atoms with Crippen LogP contribution < -0.4 is 5.32 Å². The summed E-state index contributed by atoms with van der Waals surface area (Å²) in [4.78, 5) is 0. The Morgan fingerprint density at radius 3 is 3.06 bits per heavy atom. The molecule has 1 aliphatic heterocycles. The summed E-state index contributed by atoms with van der Waals surface area (Å²) in [5.74, 6) is -0.147. The Morgan fingerprint density at radius 1 is 1.59 bits per heavy atom. The van der Waals surface area contributed by atoms with E-state index in [1.54, 1.807) is 6.07 Å². The maximum atomic E-state index is 13.7. The van der Waals surface area contributed by atoms with Crippen LogP contribution in [0.1, 0.15) is 18.4 Å². The highest BCUT2D eigenvalue weighted by atomic mass is 79.9. The predicted octanol–water partition coefficient (Wildman–Crippen LogP) is 2.90. The van der Waals surface area contributed by atoms with Crippen LogP contribution in [-0.2, 0) is 11.2 Å². The van der Waals surface area contributed by atoms with Crippen molar-refractivity contribution in [2.24, 2.45) is 0 Å². The molecule has 2 atom stereocenters. The van der Waals surface area contributed by atoms with Gasteiger partial charge in [0.25, 0.3) is 0 Å². The van der Waals surface area contributed by atoms with Gasteiger partial charge in [-0.2, -0.15) is 0 Å². The number of likely N-dealkylation sites (N-methyl/N-ethyl adjacent to an activating group) is 1. The van der Waals surface area contributed by atoms with E-state index in [-0.39, 0.29) is 18.0 Å². The van der Waals surface area contributed by atoms with Gasteiger partial charge in [-0.05, 0) is 50.1 Å². The van der Waals surface area contributed by atoms with Crippen molar-refractivity contribution in [1.29, 1.82) is 0 Å². The molecule has 94 valence electrons. The van der Waals surface area contributed by atoms with Crippen molar-refractivity contribution in [3.8, 4) is 0 Å². The van der Waals surface area contributed by atoms with Crippen molar-refractivity contribution in [2.45, 2.75) is 31.4 Å². The minimum atomic E-state index is -0.147. The fourth-order valence-electron chi connectivity index (χ4n) is 2.28. The fraction of sp³-hybridized carbons (Fsp3) is 0.538. The maximum Gasteiger partial charge on any atom is 0.126 e. The number of nitrogens with one attached hydrogen (secondary N) is 1. The zero-order valence-electron chi connectivity index (χ0n) is 9.88. The lowest BCUT2D eigenvalue weighted by Gasteiger charge is -2.22. The van der Waals surface area contributed by atoms with E-state index < -0.39 is 0 Å². The van der Waals surface area contributed by atoms with Crippen LogP contribution in [-0.4, -0.2) is 25.8 Å². The van der Waals surface area contributed by atoms with Gasteiger partial charge >= 0.3 is 0 Å². The van der Waals surface area contributed by atoms with Crippen molar-refractivity contribution in [3.63, 3.8) is 0 Å². The van der Waals surface area contributed by atoms with Crippen LogP contribution in [0.4, 0.5) is 4.39 Å². The monoisotopic (exact) mass is 301 g/mol. The van der Waals surface area contributed by atoms with E-state index in [1.807, 2.05) is 13.1 Å². The molecule has 1 aromatic carbocycles. The van der Waals surface area contributed by atoms with Crippen molar-refractivity contribution >= 4 is 15.9 Å². The normalized spacial score (nSPS) is 21.7. The molecule has 1 saturated heterocycles. The minimum absolute atomic E-state index is 0.147. The van der Waals surface area contributed by atoms with E-state index in [0.29, 0.717) is 6.42 Å². The van der Waals surface area contributed by atoms with E-state index in [2.05, 4.69) is 21.2 Å². The molecule has 0 radical (unpaired) electrons. The van der Waals surface area contributed by atoms with Crippen LogP contribution in [0, 0.1) is 5.82 Å². The number of benzene rings is 1. The Labute approximate surface area is 110 Å². The second kappa shape index (κ2) is 5.94. The molecule has 0 aliphatic carbocycles. The molecule has 2 unspecified atom stereocenters. The molecule has 1 fully saturated rings. The Kier molecular flexibility index (Phi) is 4.54. The van der Waals surface area contributed by atoms with Crippen LogP contribution in [0.25, 0.3) is 0 Å². The number of rotatable bonds is 4. The molecular weight excluding hydrogens is 285 g/mol. The van der Waals surface area contributed by atoms with Crippen molar-refractivity contribution in [1.82, 2.24) is 5.32 Å². The summed E-state index contributed by atoms with van der Waals surface area (Å²) in [6, 6.07) is 5.25. The largest absolute Gasteiger partial charge is 0.377 e. The Balaban J connectivity index is 2.09. The van der Waals surface area contributed by atoms with Gasteiger partial charge < -0.3 is 10.1 Å². The molecule has 0 aromatic heterocycles. The van der Waals surface area contributed by atoms with Gasteiger partial charge in [0.1, 0.15) is 5.82 Å². The molecule has 0 saturated carbocycles. The van der Waals surface area contributed by atoms with Gasteiger partial charge in [0.15, 0.2) is 0 Å². The van der Waals surface area contributed by atoms with Crippen LogP contribution >= 0.6 is 15.9 Å². The summed E-state index contributed by atoms with van der Waals surface area (Å²) in [5, 5.41) is 3.23. The van der Waals surface area contributed by atoms with Crippen LogP contribution in [0.2, 0.25) is 0 Å². The summed E-state index contributed by atoms with van der Waals surface area (Å²) >= 11 is 3.37. The highest BCUT2D eigenvalue weighted by Gasteiger charge is 2.25. The Bertz CT molecular complexity index is 380. The molecule has 0 spiro atoms. The third-order valence-electron chi connectivity index (χ3n) is 3.23. The van der Waals surface area contributed by atoms with E-state index in [0.717, 1.165) is 29.5 Å². The van der Waals surface area contributed by atoms with Gasteiger partial charge in [-0.1, -0.05) is 15.9 Å². The Hall–Kier alpha value is -0.450. The van der Waals surface area contributed by atoms with E-state index in [9.17, 15) is 4.39 Å². The molecule has 2 nitrogen and oxygen atoms in total. The first-order valence-electron chi connectivity index (χ1n) is 5.93. The van der Waals surface area contributed by atoms with E-state index >= 15 is 0 Å². The summed E-state index contributed by atoms with van der Waals surface area (Å²) < 4.78 is 20.2. The number of halogens is 2. The van der Waals surface area contributed by atoms with Gasteiger partial charge in [-0.3, -0.25) is 0 Å². The first-order chi connectivity index (χ1) is 8.20. The smallest absolute Gasteiger partial charge is 0.126 e. The van der Waals surface area contributed by atoms with Crippen LogP contribution in [0.5, 0.6) is 0 Å². The lowest BCUT2D eigenvalue weighted by molar-refractivity contribution is 0.0806. The summed E-state index contributed by atoms with van der Waals surface area (Å²) in [6.45, 7) is 0.823. The van der Waals surface area contributed by atoms with Crippen LogP contribution in [0.15, 0.2) is 22.7 Å². The third-order valence-corrected chi connectivity index (χ3v) is 3.73. The minimum Gasteiger partial charge on any atom is -0.377 e. The number of hydrogen-bond donors (Lipinski definition) is 1. The highest BCUT2D eigenvalue weighted by molar-refractivity contribution is 9.10. The Morgan fingerprint density at radius 2 is 2.41 bits per heavy atom. The molecule has 2 rings (SSSR count). The average molecular weight is 302 g/mol. The van der Waals surface area contributed by atoms with Gasteiger partial charge in [-0.15, -0.1) is 0 Å². The lowest BCUT2D eigenvalue weighted by atomic mass is 9.99. The lowest BCUT2D eigenvalue weighted by Crippen LogP contribution is -2.39. The maximum absolute atomic E-state index is 13.7. The van der Waals surface area contributed by atoms with Gasteiger partial charge in [0.2, 0.25) is 0 Å². The predicted molar refractivity (Wildman–Crippen MR) is 69.6 cm³/mol. The molecule has 0 bridgehead atoms. The second-order valence-corrected chi connectivity index (χ2v) is 5.30. The number of ether oxygens (including phenoxy) is 1. The first-order valence-corrected chi connectivity index (χ1v) is 6.73. The quantitative estimate of drug-likeness (QED) is 0.923. The molecule has 17 heavy (non-hydrogen) atoms. The van der Waals surface area contributed by atoms with Crippen molar-refractivity contribution in [2.75, 3.05) is 13.7 Å². The highest BCUT2D eigenvalue weighted by Crippen LogP contribution is 2.21. The summed E-state index contributed by atoms with van der Waals surface area (Å²) in [6.07, 6.45) is 3.02. The SMILES string of the molecule is CNC(Cc1cc(Br)ccc1F)C1CCCO1. The van der Waals surface area contributed by atoms with Gasteiger partial charge in [0, 0.05) is 17.1 Å². The zero-order valence-corrected chi connectivity index (χ0v) is 11.5. The molecule has 1 N–H and O–H groups in total. The van der Waals surface area contributed by atoms with Gasteiger partial charge in [-0.25, -0.2) is 4.39 Å². The molecule has 1 aromatic rings. The third kappa shape index (κ3) is 3.27. The zero-order chi connectivity index (χ0) is 12.3. The molecule has 0 amide bonds. The summed E-state index contributed by atoms with van der Waals surface area (Å²) in [5.41, 5.74) is 0.731.